The Morgan fingerprint density at radius 2 is 0.971 bits per heavy atom. The lowest BCUT2D eigenvalue weighted by molar-refractivity contribution is -0.870. The van der Waals surface area contributed by atoms with Crippen LogP contribution >= 0.6 is 7.82 Å². The Labute approximate surface area is 431 Å². The summed E-state index contributed by atoms with van der Waals surface area (Å²) in [7, 11) is 1.15. The molecule has 0 aliphatic rings. The van der Waals surface area contributed by atoms with Crippen LogP contribution in [0.25, 0.3) is 0 Å². The van der Waals surface area contributed by atoms with Gasteiger partial charge in [0.1, 0.15) is 19.3 Å². The minimum atomic E-state index is -4.71. The molecule has 0 saturated carbocycles. The zero-order valence-electron chi connectivity index (χ0n) is 45.9. The molecule has 1 N–H and O–H groups in total. The summed E-state index contributed by atoms with van der Waals surface area (Å²) < 4.78 is 30.2. The molecule has 3 unspecified atom stereocenters. The number of carbonyl (C=O) groups is 2. The van der Waals surface area contributed by atoms with Crippen LogP contribution in [0.4, 0.5) is 0 Å². The van der Waals surface area contributed by atoms with Crippen LogP contribution in [0.3, 0.4) is 0 Å². The maximum atomic E-state index is 13.5. The molecule has 0 radical (unpaired) electrons. The number of phosphoric ester groups is 1. The van der Waals surface area contributed by atoms with E-state index >= 15 is 0 Å². The Hall–Kier alpha value is -2.81. The molecular weight excluding hydrogens is 892 g/mol. The summed E-state index contributed by atoms with van der Waals surface area (Å²) in [6.45, 7) is 6.64. The molecule has 0 saturated heterocycles. The normalized spacial score (nSPS) is 14.4. The first-order valence-corrected chi connectivity index (χ1v) is 29.9. The first-order chi connectivity index (χ1) is 33.9. The van der Waals surface area contributed by atoms with Gasteiger partial charge in [-0.25, -0.2) is 0 Å². The summed E-state index contributed by atoms with van der Waals surface area (Å²) in [5, 5.41) is 3.01. The number of nitrogens with zero attached hydrogens (tertiary/aromatic N) is 1. The minimum Gasteiger partial charge on any atom is -0.756 e. The number of esters is 1. The van der Waals surface area contributed by atoms with Crippen LogP contribution < -0.4 is 10.2 Å². The third kappa shape index (κ3) is 50.1. The van der Waals surface area contributed by atoms with Crippen LogP contribution in [-0.2, 0) is 27.9 Å². The van der Waals surface area contributed by atoms with Crippen LogP contribution in [0.2, 0.25) is 0 Å². The molecule has 0 aromatic heterocycles. The second-order valence-electron chi connectivity index (χ2n) is 20.1. The van der Waals surface area contributed by atoms with E-state index in [4.69, 9.17) is 13.8 Å². The highest BCUT2D eigenvalue weighted by Gasteiger charge is 2.27. The van der Waals surface area contributed by atoms with Crippen molar-refractivity contribution in [1.29, 1.82) is 0 Å². The lowest BCUT2D eigenvalue weighted by atomic mass is 10.0. The highest BCUT2D eigenvalue weighted by Crippen LogP contribution is 2.38. The number of hydrogen-bond acceptors (Lipinski definition) is 7. The smallest absolute Gasteiger partial charge is 0.306 e. The molecule has 9 nitrogen and oxygen atoms in total. The zero-order chi connectivity index (χ0) is 51.5. The van der Waals surface area contributed by atoms with Gasteiger partial charge in [0, 0.05) is 12.8 Å². The average molecular weight is 999 g/mol. The molecule has 1 amide bonds. The van der Waals surface area contributed by atoms with Crippen molar-refractivity contribution < 1.29 is 37.3 Å². The first kappa shape index (κ1) is 67.2. The van der Waals surface area contributed by atoms with E-state index in [1.165, 1.54) is 77.0 Å². The quantitative estimate of drug-likeness (QED) is 0.0161. The highest BCUT2D eigenvalue weighted by atomic mass is 31.2. The van der Waals surface area contributed by atoms with E-state index in [2.05, 4.69) is 92.9 Å². The second kappa shape index (κ2) is 49.8. The molecule has 0 heterocycles. The zero-order valence-corrected chi connectivity index (χ0v) is 46.8. The molecule has 0 spiro atoms. The number of likely N-dealkylation sites (N-methyl/N-ethyl adjacent to an activating group) is 1. The summed E-state index contributed by atoms with van der Waals surface area (Å²) in [6, 6.07) is -0.907. The number of amides is 1. The number of ether oxygens (including phenoxy) is 1. The summed E-state index contributed by atoms with van der Waals surface area (Å²) >= 11 is 0. The van der Waals surface area contributed by atoms with Crippen LogP contribution in [0.15, 0.2) is 85.1 Å². The first-order valence-electron chi connectivity index (χ1n) is 28.4. The number of phosphoric acid groups is 1. The summed E-state index contributed by atoms with van der Waals surface area (Å²) in [6.07, 6.45) is 64.0. The van der Waals surface area contributed by atoms with Gasteiger partial charge < -0.3 is 28.5 Å². The van der Waals surface area contributed by atoms with Crippen molar-refractivity contribution in [3.05, 3.63) is 85.1 Å². The number of quaternary nitrogens is 1. The van der Waals surface area contributed by atoms with Crippen molar-refractivity contribution in [2.75, 3.05) is 40.9 Å². The van der Waals surface area contributed by atoms with Crippen molar-refractivity contribution in [3.8, 4) is 0 Å². The third-order valence-corrected chi connectivity index (χ3v) is 13.1. The van der Waals surface area contributed by atoms with Crippen molar-refractivity contribution in [3.63, 3.8) is 0 Å². The van der Waals surface area contributed by atoms with Crippen LogP contribution in [0.1, 0.15) is 233 Å². The van der Waals surface area contributed by atoms with Gasteiger partial charge in [0.15, 0.2) is 0 Å². The summed E-state index contributed by atoms with van der Waals surface area (Å²) in [4.78, 5) is 39.8. The molecule has 0 fully saturated rings. The predicted octanol–water partition coefficient (Wildman–Crippen LogP) is 16.4. The monoisotopic (exact) mass is 999 g/mol. The van der Waals surface area contributed by atoms with Gasteiger partial charge in [-0.05, 0) is 89.5 Å². The third-order valence-electron chi connectivity index (χ3n) is 12.1. The lowest BCUT2D eigenvalue weighted by Crippen LogP contribution is -2.47. The average Bonchev–Trinajstić information content (AvgIpc) is 3.32. The molecule has 70 heavy (non-hydrogen) atoms. The lowest BCUT2D eigenvalue weighted by Gasteiger charge is -2.30. The van der Waals surface area contributed by atoms with Crippen LogP contribution in [-0.4, -0.2) is 69.4 Å². The van der Waals surface area contributed by atoms with E-state index in [0.29, 0.717) is 23.9 Å². The molecule has 404 valence electrons. The van der Waals surface area contributed by atoms with Crippen LogP contribution in [0, 0.1) is 0 Å². The van der Waals surface area contributed by atoms with Gasteiger partial charge in [-0.3, -0.25) is 14.2 Å². The Balaban J connectivity index is 5.38. The summed E-state index contributed by atoms with van der Waals surface area (Å²) in [5.74, 6) is -0.584. The highest BCUT2D eigenvalue weighted by molar-refractivity contribution is 7.45. The van der Waals surface area contributed by atoms with Crippen molar-refractivity contribution in [2.24, 2.45) is 0 Å². The van der Waals surface area contributed by atoms with E-state index in [9.17, 15) is 19.0 Å². The van der Waals surface area contributed by atoms with E-state index < -0.39 is 26.6 Å². The van der Waals surface area contributed by atoms with Crippen molar-refractivity contribution >= 4 is 19.7 Å². The number of nitrogens with one attached hydrogen (secondary N) is 1. The molecular formula is C60H107N2O7P. The van der Waals surface area contributed by atoms with Crippen molar-refractivity contribution in [1.82, 2.24) is 5.32 Å². The Kier molecular flexibility index (Phi) is 47.8. The van der Waals surface area contributed by atoms with Gasteiger partial charge in [0.25, 0.3) is 7.82 Å². The SMILES string of the molecule is CC/C=C/C=C/C=C\CCCCCCCC(=O)OC(/C=C\CCCCCCCCCCCC)C(COP(=O)([O-])OCC[N+](C)(C)C)NC(=O)CCCCCCCC/C=C\C/C=C\C/C=C\CCCCC. The van der Waals surface area contributed by atoms with E-state index in [-0.39, 0.29) is 24.9 Å². The molecule has 0 aromatic carbocycles. The standard InChI is InChI=1S/C60H107N2O7P/c1-7-10-13-16-19-22-25-28-29-30-31-32-33-35-37-40-43-46-49-52-59(63)61-57(56-68-70(65,66)67-55-54-62(4,5)6)58(51-48-45-42-39-36-27-24-21-18-15-12-9-3)69-60(64)53-50-47-44-41-38-34-26-23-20-17-14-11-8-2/h11,14,17,19-20,22-23,26,28-29,31-32,48,51,57-58H,7-10,12-13,15-16,18,21,24-25,27,30,33-47,49-50,52-56H2,1-6H3,(H-,61,63,65,66)/b14-11+,20-17+,22-19-,26-23-,29-28-,32-31-,51-48-. The van der Waals surface area contributed by atoms with Crippen molar-refractivity contribution in [2.45, 2.75) is 245 Å². The number of hydrogen-bond donors (Lipinski definition) is 1. The molecule has 0 aliphatic carbocycles. The van der Waals surface area contributed by atoms with Gasteiger partial charge in [-0.15, -0.1) is 0 Å². The molecule has 0 bridgehead atoms. The Bertz CT molecular complexity index is 1480. The molecule has 0 aromatic rings. The molecule has 3 atom stereocenters. The maximum absolute atomic E-state index is 13.5. The number of rotatable bonds is 50. The number of unbranched alkanes of at least 4 members (excludes halogenated alkanes) is 24. The molecule has 0 rings (SSSR count). The largest absolute Gasteiger partial charge is 0.756 e. The second-order valence-corrected chi connectivity index (χ2v) is 21.5. The Morgan fingerprint density at radius 1 is 0.529 bits per heavy atom. The predicted molar refractivity (Wildman–Crippen MR) is 298 cm³/mol. The minimum absolute atomic E-state index is 0.0324. The van der Waals surface area contributed by atoms with E-state index in [1.54, 1.807) is 0 Å². The van der Waals surface area contributed by atoms with Gasteiger partial charge in [-0.2, -0.15) is 0 Å². The Morgan fingerprint density at radius 3 is 1.51 bits per heavy atom. The topological polar surface area (TPSA) is 114 Å². The van der Waals surface area contributed by atoms with Gasteiger partial charge in [-0.1, -0.05) is 215 Å². The van der Waals surface area contributed by atoms with Gasteiger partial charge in [0.05, 0.1) is 33.8 Å². The maximum Gasteiger partial charge on any atom is 0.306 e. The fraction of sp³-hybridized carbons (Fsp3) is 0.733. The molecule has 0 aliphatic heterocycles. The fourth-order valence-electron chi connectivity index (χ4n) is 7.70. The number of allylic oxidation sites excluding steroid dienone is 13. The van der Waals surface area contributed by atoms with Gasteiger partial charge in [0.2, 0.25) is 5.91 Å². The van der Waals surface area contributed by atoms with Gasteiger partial charge >= 0.3 is 5.97 Å². The van der Waals surface area contributed by atoms with E-state index in [1.807, 2.05) is 39.4 Å². The summed E-state index contributed by atoms with van der Waals surface area (Å²) in [5.41, 5.74) is 0. The molecule has 10 heteroatoms. The van der Waals surface area contributed by atoms with E-state index in [0.717, 1.165) is 116 Å². The number of carbonyl (C=O) groups excluding carboxylic acids is 2. The fourth-order valence-corrected chi connectivity index (χ4v) is 8.43. The van der Waals surface area contributed by atoms with Crippen LogP contribution in [0.5, 0.6) is 0 Å².